The summed E-state index contributed by atoms with van der Waals surface area (Å²) >= 11 is 1.38. The Morgan fingerprint density at radius 2 is 2.56 bits per heavy atom. The van der Waals surface area contributed by atoms with E-state index >= 15 is 0 Å². The fraction of sp³-hybridized carbons (Fsp3) is 0.600. The van der Waals surface area contributed by atoms with Crippen molar-refractivity contribution < 1.29 is 14.2 Å². The maximum absolute atomic E-state index is 13.7. The van der Waals surface area contributed by atoms with E-state index < -0.39 is 17.7 Å². The number of nitrogens with one attached hydrogen (secondary N) is 1. The van der Waals surface area contributed by atoms with Gasteiger partial charge in [-0.15, -0.1) is 11.8 Å². The molecule has 0 bridgehead atoms. The first kappa shape index (κ1) is 13.3. The summed E-state index contributed by atoms with van der Waals surface area (Å²) in [5, 5.41) is 11.6. The molecule has 2 atom stereocenters. The van der Waals surface area contributed by atoms with Crippen molar-refractivity contribution in [1.29, 1.82) is 0 Å². The molecule has 0 amide bonds. The Hall–Kier alpha value is -1.12. The normalized spacial score (nSPS) is 23.3. The fourth-order valence-electron chi connectivity index (χ4n) is 1.63. The van der Waals surface area contributed by atoms with Gasteiger partial charge in [-0.05, 0) is 6.92 Å². The second-order valence-electron chi connectivity index (χ2n) is 3.69. The van der Waals surface area contributed by atoms with Gasteiger partial charge in [-0.1, -0.05) is 0 Å². The molecule has 0 spiro atoms. The van der Waals surface area contributed by atoms with Crippen LogP contribution >= 0.6 is 11.8 Å². The van der Waals surface area contributed by atoms with Gasteiger partial charge in [0.05, 0.1) is 12.8 Å². The van der Waals surface area contributed by atoms with Crippen LogP contribution in [0.15, 0.2) is 11.0 Å². The summed E-state index contributed by atoms with van der Waals surface area (Å²) in [6.07, 6.45) is 0.496. The van der Waals surface area contributed by atoms with Crippen molar-refractivity contribution >= 4 is 17.6 Å². The highest BCUT2D eigenvalue weighted by Crippen LogP contribution is 2.30. The molecule has 0 radical (unpaired) electrons. The van der Waals surface area contributed by atoms with Crippen LogP contribution in [-0.2, 0) is 4.74 Å². The molecule has 2 N–H and O–H groups in total. The topological polar surface area (TPSA) is 76.4 Å². The summed E-state index contributed by atoms with van der Waals surface area (Å²) < 4.78 is 20.1. The standard InChI is InChI=1S/C10H14FN3O3S/c1-2-12-9-6(11)3-14(10(16)13-9)7-5-18-8(4-15)17-7/h3,7-8,15H,2,4-5H2,1H3,(H,12,13,16)/t7?,8-/m1/s1. The first-order valence-electron chi connectivity index (χ1n) is 5.56. The highest BCUT2D eigenvalue weighted by Gasteiger charge is 2.28. The van der Waals surface area contributed by atoms with E-state index in [0.717, 1.165) is 10.8 Å². The molecule has 0 aliphatic carbocycles. The average molecular weight is 275 g/mol. The second kappa shape index (κ2) is 5.68. The molecule has 1 saturated heterocycles. The van der Waals surface area contributed by atoms with E-state index in [9.17, 15) is 9.18 Å². The van der Waals surface area contributed by atoms with Crippen LogP contribution in [-0.4, -0.2) is 39.0 Å². The number of aliphatic hydroxyl groups excluding tert-OH is 1. The molecular weight excluding hydrogens is 261 g/mol. The first-order valence-corrected chi connectivity index (χ1v) is 6.61. The Balaban J connectivity index is 2.24. The van der Waals surface area contributed by atoms with Gasteiger partial charge in [-0.25, -0.2) is 9.18 Å². The predicted molar refractivity (Wildman–Crippen MR) is 66.1 cm³/mol. The summed E-state index contributed by atoms with van der Waals surface area (Å²) in [4.78, 5) is 15.4. The third-order valence-corrected chi connectivity index (χ3v) is 3.55. The van der Waals surface area contributed by atoms with E-state index in [4.69, 9.17) is 9.84 Å². The number of nitrogens with zero attached hydrogens (tertiary/aromatic N) is 2. The zero-order chi connectivity index (χ0) is 13.1. The number of ether oxygens (including phenoxy) is 1. The van der Waals surface area contributed by atoms with Crippen LogP contribution in [0.3, 0.4) is 0 Å². The maximum Gasteiger partial charge on any atom is 0.351 e. The zero-order valence-corrected chi connectivity index (χ0v) is 10.6. The van der Waals surface area contributed by atoms with Gasteiger partial charge in [0.1, 0.15) is 11.7 Å². The van der Waals surface area contributed by atoms with Gasteiger partial charge in [-0.3, -0.25) is 4.57 Å². The molecule has 8 heteroatoms. The number of rotatable bonds is 4. The second-order valence-corrected chi connectivity index (χ2v) is 4.89. The Morgan fingerprint density at radius 1 is 1.78 bits per heavy atom. The minimum atomic E-state index is -0.600. The number of thioether (sulfide) groups is 1. The van der Waals surface area contributed by atoms with Crippen LogP contribution in [0.2, 0.25) is 0 Å². The molecule has 1 aliphatic rings. The van der Waals surface area contributed by atoms with Crippen LogP contribution < -0.4 is 11.0 Å². The largest absolute Gasteiger partial charge is 0.393 e. The summed E-state index contributed by atoms with van der Waals surface area (Å²) in [5.41, 5.74) is -0.949. The van der Waals surface area contributed by atoms with E-state index in [2.05, 4.69) is 10.3 Å². The monoisotopic (exact) mass is 275 g/mol. The highest BCUT2D eigenvalue weighted by molar-refractivity contribution is 8.00. The van der Waals surface area contributed by atoms with Gasteiger partial charge < -0.3 is 15.2 Å². The molecule has 100 valence electrons. The fourth-order valence-corrected chi connectivity index (χ4v) is 2.56. The van der Waals surface area contributed by atoms with Crippen molar-refractivity contribution in [3.05, 3.63) is 22.5 Å². The molecule has 6 nitrogen and oxygen atoms in total. The average Bonchev–Trinajstić information content (AvgIpc) is 2.82. The van der Waals surface area contributed by atoms with E-state index in [-0.39, 0.29) is 17.9 Å². The van der Waals surface area contributed by atoms with Gasteiger partial charge >= 0.3 is 5.69 Å². The van der Waals surface area contributed by atoms with Crippen molar-refractivity contribution in [1.82, 2.24) is 9.55 Å². The number of hydrogen-bond acceptors (Lipinski definition) is 6. The lowest BCUT2D eigenvalue weighted by Crippen LogP contribution is -2.30. The smallest absolute Gasteiger partial charge is 0.351 e. The number of hydrogen-bond donors (Lipinski definition) is 2. The van der Waals surface area contributed by atoms with Crippen LogP contribution in [0, 0.1) is 5.82 Å². The molecule has 1 aromatic rings. The lowest BCUT2D eigenvalue weighted by molar-refractivity contribution is -0.00678. The number of halogens is 1. The Kier molecular flexibility index (Phi) is 4.20. The van der Waals surface area contributed by atoms with Gasteiger partial charge in [0.15, 0.2) is 11.6 Å². The summed E-state index contributed by atoms with van der Waals surface area (Å²) in [6.45, 7) is 2.13. The molecule has 0 saturated carbocycles. The van der Waals surface area contributed by atoms with E-state index in [0.29, 0.717) is 12.3 Å². The van der Waals surface area contributed by atoms with Crippen molar-refractivity contribution in [3.8, 4) is 0 Å². The highest BCUT2D eigenvalue weighted by atomic mass is 32.2. The SMILES string of the molecule is CCNc1nc(=O)n(C2CS[C@H](CO)O2)cc1F. The number of aromatic nitrogens is 2. The van der Waals surface area contributed by atoms with E-state index in [1.54, 1.807) is 6.92 Å². The van der Waals surface area contributed by atoms with Crippen molar-refractivity contribution in [2.45, 2.75) is 18.6 Å². The van der Waals surface area contributed by atoms with Crippen LogP contribution in [0.1, 0.15) is 13.2 Å². The van der Waals surface area contributed by atoms with E-state index in [1.807, 2.05) is 0 Å². The van der Waals surface area contributed by atoms with Crippen LogP contribution in [0.25, 0.3) is 0 Å². The Morgan fingerprint density at radius 3 is 3.17 bits per heavy atom. The molecule has 1 fully saturated rings. The van der Waals surface area contributed by atoms with Gasteiger partial charge in [0.25, 0.3) is 0 Å². The van der Waals surface area contributed by atoms with Gasteiger partial charge in [0.2, 0.25) is 0 Å². The van der Waals surface area contributed by atoms with Gasteiger partial charge in [0, 0.05) is 12.3 Å². The lowest BCUT2D eigenvalue weighted by Gasteiger charge is -2.14. The zero-order valence-electron chi connectivity index (χ0n) is 9.80. The molecule has 1 aromatic heterocycles. The molecule has 1 aliphatic heterocycles. The third-order valence-electron chi connectivity index (χ3n) is 2.44. The minimum absolute atomic E-state index is 0.0527. The van der Waals surface area contributed by atoms with Gasteiger partial charge in [-0.2, -0.15) is 4.98 Å². The van der Waals surface area contributed by atoms with E-state index in [1.165, 1.54) is 11.8 Å². The molecule has 1 unspecified atom stereocenters. The van der Waals surface area contributed by atoms with Crippen molar-refractivity contribution in [2.75, 3.05) is 24.2 Å². The lowest BCUT2D eigenvalue weighted by atomic mass is 10.5. The molecule has 2 heterocycles. The third kappa shape index (κ3) is 2.65. The number of aliphatic hydroxyl groups is 1. The summed E-state index contributed by atoms with van der Waals surface area (Å²) in [7, 11) is 0. The van der Waals surface area contributed by atoms with Crippen molar-refractivity contribution in [3.63, 3.8) is 0 Å². The maximum atomic E-state index is 13.7. The molecule has 0 aromatic carbocycles. The molecular formula is C10H14FN3O3S. The predicted octanol–water partition coefficient (Wildman–Crippen LogP) is 0.395. The Labute approximate surface area is 107 Å². The Bertz CT molecular complexity index is 482. The summed E-state index contributed by atoms with van der Waals surface area (Å²) in [5.74, 6) is -0.173. The molecule has 2 rings (SSSR count). The quantitative estimate of drug-likeness (QED) is 0.828. The number of anilines is 1. The minimum Gasteiger partial charge on any atom is -0.393 e. The molecule has 18 heavy (non-hydrogen) atoms. The van der Waals surface area contributed by atoms with Crippen LogP contribution in [0.5, 0.6) is 0 Å². The first-order chi connectivity index (χ1) is 8.65. The summed E-state index contributed by atoms with van der Waals surface area (Å²) in [6, 6.07) is 0. The van der Waals surface area contributed by atoms with Crippen LogP contribution in [0.4, 0.5) is 10.2 Å². The van der Waals surface area contributed by atoms with Crippen molar-refractivity contribution in [2.24, 2.45) is 0 Å².